The summed E-state index contributed by atoms with van der Waals surface area (Å²) in [5, 5.41) is 2.48. The van der Waals surface area contributed by atoms with E-state index < -0.39 is 40.3 Å². The molecule has 0 aliphatic carbocycles. The average molecular weight is 349 g/mol. The fourth-order valence-corrected chi connectivity index (χ4v) is 3.71. The number of hydrogen-bond donors (Lipinski definition) is 4. The van der Waals surface area contributed by atoms with Crippen LogP contribution in [0.15, 0.2) is 12.5 Å². The van der Waals surface area contributed by atoms with Crippen LogP contribution in [0.5, 0.6) is 0 Å². The first-order valence-electron chi connectivity index (χ1n) is 8.14. The molecular formula is C15H21N6O4+. The first-order valence-corrected chi connectivity index (χ1v) is 8.14. The molecule has 2 aliphatic heterocycles. The number of β-lactam (4-membered cyclic amide) rings is 1. The first kappa shape index (κ1) is 17.2. The van der Waals surface area contributed by atoms with Gasteiger partial charge in [0, 0.05) is 31.2 Å². The number of aromatic amines is 1. The van der Waals surface area contributed by atoms with Crippen molar-refractivity contribution >= 4 is 23.6 Å². The summed E-state index contributed by atoms with van der Waals surface area (Å²) in [6, 6.07) is -2.73. The van der Waals surface area contributed by atoms with E-state index in [4.69, 9.17) is 11.5 Å². The minimum Gasteiger partial charge on any atom is -0.364 e. The highest BCUT2D eigenvalue weighted by atomic mass is 16.2. The number of aromatic nitrogens is 2. The Labute approximate surface area is 143 Å². The van der Waals surface area contributed by atoms with Gasteiger partial charge in [-0.1, -0.05) is 0 Å². The van der Waals surface area contributed by atoms with Crippen LogP contribution < -0.4 is 16.8 Å². The van der Waals surface area contributed by atoms with E-state index in [9.17, 15) is 19.2 Å². The summed E-state index contributed by atoms with van der Waals surface area (Å²) in [5.41, 5.74) is 12.2. The van der Waals surface area contributed by atoms with Gasteiger partial charge in [-0.15, -0.1) is 0 Å². The molecule has 25 heavy (non-hydrogen) atoms. The van der Waals surface area contributed by atoms with Crippen molar-refractivity contribution < 1.29 is 23.7 Å². The van der Waals surface area contributed by atoms with E-state index in [-0.39, 0.29) is 25.3 Å². The topological polar surface area (TPSA) is 161 Å². The minimum atomic E-state index is -1.000. The zero-order valence-corrected chi connectivity index (χ0v) is 13.6. The van der Waals surface area contributed by atoms with Crippen LogP contribution in [0.25, 0.3) is 0 Å². The van der Waals surface area contributed by atoms with Gasteiger partial charge in [-0.2, -0.15) is 4.48 Å². The SMILES string of the molecule is NC(=O)[C@@H]1CCC[N@+]1(C(=O)C(N)Cc1cnc[nH]1)C(=O)C1CC(=O)N1. The zero-order chi connectivity index (χ0) is 18.2. The molecule has 3 heterocycles. The van der Waals surface area contributed by atoms with Gasteiger partial charge in [-0.25, -0.2) is 14.6 Å². The van der Waals surface area contributed by atoms with Crippen LogP contribution in [-0.2, 0) is 25.6 Å². The minimum absolute atomic E-state index is 0.00732. The number of hydrogen-bond acceptors (Lipinski definition) is 6. The van der Waals surface area contributed by atoms with Gasteiger partial charge in [-0.3, -0.25) is 9.59 Å². The molecule has 0 aromatic carbocycles. The van der Waals surface area contributed by atoms with Crippen molar-refractivity contribution in [1.82, 2.24) is 15.3 Å². The first-order chi connectivity index (χ1) is 11.9. The Morgan fingerprint density at radius 2 is 2.12 bits per heavy atom. The summed E-state index contributed by atoms with van der Waals surface area (Å²) < 4.78 is -0.713. The van der Waals surface area contributed by atoms with Gasteiger partial charge in [0.05, 0.1) is 19.3 Å². The second-order valence-corrected chi connectivity index (χ2v) is 6.54. The molecule has 2 aliphatic rings. The molecule has 0 spiro atoms. The van der Waals surface area contributed by atoms with Crippen molar-refractivity contribution in [3.8, 4) is 0 Å². The van der Waals surface area contributed by atoms with Crippen molar-refractivity contribution in [2.24, 2.45) is 11.5 Å². The number of carbonyl (C=O) groups excluding carboxylic acids is 4. The van der Waals surface area contributed by atoms with E-state index in [2.05, 4.69) is 15.3 Å². The highest BCUT2D eigenvalue weighted by molar-refractivity contribution is 6.00. The Bertz CT molecular complexity index is 710. The molecule has 4 amide bonds. The van der Waals surface area contributed by atoms with Gasteiger partial charge in [0.25, 0.3) is 5.91 Å². The molecule has 10 nitrogen and oxygen atoms in total. The molecule has 6 N–H and O–H groups in total. The Morgan fingerprint density at radius 1 is 1.40 bits per heavy atom. The molecule has 10 heteroatoms. The Morgan fingerprint density at radius 3 is 2.68 bits per heavy atom. The van der Waals surface area contributed by atoms with Crippen molar-refractivity contribution in [2.75, 3.05) is 6.54 Å². The molecule has 4 atom stereocenters. The van der Waals surface area contributed by atoms with Gasteiger partial charge in [0.1, 0.15) is 6.04 Å². The van der Waals surface area contributed by atoms with Crippen molar-refractivity contribution in [3.05, 3.63) is 18.2 Å². The van der Waals surface area contributed by atoms with E-state index in [0.717, 1.165) is 0 Å². The maximum atomic E-state index is 13.1. The van der Waals surface area contributed by atoms with Crippen molar-refractivity contribution in [3.63, 3.8) is 0 Å². The molecule has 0 bridgehead atoms. The van der Waals surface area contributed by atoms with Gasteiger partial charge >= 0.3 is 11.8 Å². The summed E-state index contributed by atoms with van der Waals surface area (Å²) >= 11 is 0. The second kappa shape index (κ2) is 6.37. The van der Waals surface area contributed by atoms with Gasteiger partial charge < -0.3 is 21.8 Å². The number of quaternary nitrogens is 1. The lowest BCUT2D eigenvalue weighted by Crippen LogP contribution is -2.73. The predicted molar refractivity (Wildman–Crippen MR) is 84.2 cm³/mol. The highest BCUT2D eigenvalue weighted by Crippen LogP contribution is 2.31. The number of nitrogens with one attached hydrogen (secondary N) is 2. The predicted octanol–water partition coefficient (Wildman–Crippen LogP) is -2.31. The van der Waals surface area contributed by atoms with E-state index in [0.29, 0.717) is 18.5 Å². The number of imide groups is 1. The number of H-pyrrole nitrogens is 1. The van der Waals surface area contributed by atoms with Crippen molar-refractivity contribution in [2.45, 2.75) is 43.8 Å². The van der Waals surface area contributed by atoms with Gasteiger partial charge in [0.15, 0.2) is 12.1 Å². The summed E-state index contributed by atoms with van der Waals surface area (Å²) in [4.78, 5) is 56.0. The van der Waals surface area contributed by atoms with Crippen LogP contribution in [0.1, 0.15) is 25.0 Å². The van der Waals surface area contributed by atoms with E-state index in [1.165, 1.54) is 6.33 Å². The molecule has 2 fully saturated rings. The van der Waals surface area contributed by atoms with E-state index in [1.54, 1.807) is 6.20 Å². The number of carbonyl (C=O) groups is 4. The van der Waals surface area contributed by atoms with E-state index >= 15 is 0 Å². The lowest BCUT2D eigenvalue weighted by atomic mass is 9.99. The molecule has 2 unspecified atom stereocenters. The Kier molecular flexibility index (Phi) is 4.39. The molecule has 134 valence electrons. The third kappa shape index (κ3) is 2.83. The smallest absolute Gasteiger partial charge is 0.344 e. The highest BCUT2D eigenvalue weighted by Gasteiger charge is 2.60. The Hall–Kier alpha value is -2.59. The van der Waals surface area contributed by atoms with Gasteiger partial charge in [-0.05, 0) is 0 Å². The monoisotopic (exact) mass is 349 g/mol. The largest absolute Gasteiger partial charge is 0.364 e. The maximum Gasteiger partial charge on any atom is 0.344 e. The molecule has 1 aromatic rings. The molecule has 0 saturated carbocycles. The summed E-state index contributed by atoms with van der Waals surface area (Å²) in [7, 11) is 0. The number of amides is 4. The molecule has 3 rings (SSSR count). The van der Waals surface area contributed by atoms with Crippen LogP contribution in [0.3, 0.4) is 0 Å². The van der Waals surface area contributed by atoms with Gasteiger partial charge in [0.2, 0.25) is 5.91 Å². The molecular weight excluding hydrogens is 328 g/mol. The van der Waals surface area contributed by atoms with Crippen LogP contribution >= 0.6 is 0 Å². The summed E-state index contributed by atoms with van der Waals surface area (Å²) in [6.07, 6.45) is 4.02. The number of rotatable bonds is 5. The number of nitrogens with two attached hydrogens (primary N) is 2. The lowest BCUT2D eigenvalue weighted by molar-refractivity contribution is -0.783. The quantitative estimate of drug-likeness (QED) is 0.345. The fourth-order valence-electron chi connectivity index (χ4n) is 3.71. The second-order valence-electron chi connectivity index (χ2n) is 6.54. The molecule has 1 aromatic heterocycles. The Balaban J connectivity index is 1.90. The van der Waals surface area contributed by atoms with Crippen LogP contribution in [-0.4, -0.2) is 62.7 Å². The van der Waals surface area contributed by atoms with E-state index in [1.807, 2.05) is 0 Å². The third-order valence-electron chi connectivity index (χ3n) is 4.97. The number of imidazole rings is 1. The average Bonchev–Trinajstić information content (AvgIpc) is 3.20. The van der Waals surface area contributed by atoms with Crippen LogP contribution in [0, 0.1) is 0 Å². The standard InChI is InChI=1S/C15H20N6O4/c16-9(4-8-6-18-7-19-8)14(24)21(3-1-2-11(21)13(17)23)15(25)10-5-12(22)20-10/h6-7,9-11H,1-5,16H2,(H3-,17,18,19,20,22,23)/p+1/t9?,10?,11-,21-/m0/s1. The summed E-state index contributed by atoms with van der Waals surface area (Å²) in [6.45, 7) is 0.161. The normalized spacial score (nSPS) is 29.6. The number of primary amides is 1. The molecule has 0 radical (unpaired) electrons. The maximum absolute atomic E-state index is 13.1. The van der Waals surface area contributed by atoms with Crippen LogP contribution in [0.2, 0.25) is 0 Å². The lowest BCUT2D eigenvalue weighted by Gasteiger charge is -2.39. The number of nitrogens with zero attached hydrogens (tertiary/aromatic N) is 2. The van der Waals surface area contributed by atoms with Crippen LogP contribution in [0.4, 0.5) is 0 Å². The molecule has 2 saturated heterocycles. The van der Waals surface area contributed by atoms with Crippen molar-refractivity contribution in [1.29, 1.82) is 0 Å². The summed E-state index contributed by atoms with van der Waals surface area (Å²) in [5.74, 6) is -2.04. The fraction of sp³-hybridized carbons (Fsp3) is 0.533. The third-order valence-corrected chi connectivity index (χ3v) is 4.97. The number of likely N-dealkylation sites (tertiary alicyclic amines) is 1. The zero-order valence-electron chi connectivity index (χ0n) is 13.6.